The van der Waals surface area contributed by atoms with E-state index in [1.54, 1.807) is 38.4 Å². The standard InChI is InChI=1S/C25H24N6O2S2/c1-30(24(34)18-12-6-3-7-13-18)28-22(32)21(27-26-20-16-10-5-11-17-20)23(33)29-31(2)25(35)19-14-8-4-9-15-19/h3-17,21H,1-2H3,(H,28,32)(H,29,33). The first kappa shape index (κ1) is 25.6. The van der Waals surface area contributed by atoms with Crippen LogP contribution in [0.4, 0.5) is 5.69 Å². The van der Waals surface area contributed by atoms with Crippen molar-refractivity contribution in [3.8, 4) is 0 Å². The van der Waals surface area contributed by atoms with Crippen LogP contribution in [-0.2, 0) is 9.59 Å². The van der Waals surface area contributed by atoms with E-state index in [9.17, 15) is 9.59 Å². The highest BCUT2D eigenvalue weighted by Gasteiger charge is 2.29. The van der Waals surface area contributed by atoms with Crippen LogP contribution >= 0.6 is 24.4 Å². The number of carbonyl (C=O) groups is 2. The number of rotatable bonds is 6. The van der Waals surface area contributed by atoms with Crippen molar-refractivity contribution in [2.45, 2.75) is 6.04 Å². The minimum absolute atomic E-state index is 0.375. The SMILES string of the molecule is CN(NC(=O)C(N=Nc1ccccc1)C(=O)NN(C)C(=S)c1ccccc1)C(=S)c1ccccc1. The molecule has 0 aromatic heterocycles. The number of benzene rings is 3. The number of carbonyl (C=O) groups excluding carboxylic acids is 2. The maximum absolute atomic E-state index is 13.1. The normalized spacial score (nSPS) is 10.6. The van der Waals surface area contributed by atoms with Crippen LogP contribution in [0.2, 0.25) is 0 Å². The summed E-state index contributed by atoms with van der Waals surface area (Å²) in [6, 6.07) is 25.7. The Hall–Kier alpha value is -4.02. The molecule has 3 aromatic carbocycles. The van der Waals surface area contributed by atoms with Gasteiger partial charge in [0.25, 0.3) is 11.8 Å². The highest BCUT2D eigenvalue weighted by atomic mass is 32.1. The Labute approximate surface area is 214 Å². The lowest BCUT2D eigenvalue weighted by Gasteiger charge is -2.25. The third-order valence-electron chi connectivity index (χ3n) is 4.75. The molecule has 0 heterocycles. The Morgan fingerprint density at radius 3 is 1.46 bits per heavy atom. The number of nitrogens with one attached hydrogen (secondary N) is 2. The highest BCUT2D eigenvalue weighted by Crippen LogP contribution is 2.12. The van der Waals surface area contributed by atoms with Crippen LogP contribution in [-0.4, -0.2) is 51.9 Å². The summed E-state index contributed by atoms with van der Waals surface area (Å²) in [6.07, 6.45) is 0. The van der Waals surface area contributed by atoms with Crippen molar-refractivity contribution in [1.29, 1.82) is 0 Å². The van der Waals surface area contributed by atoms with E-state index in [4.69, 9.17) is 24.4 Å². The molecule has 0 bridgehead atoms. The molecule has 3 aromatic rings. The van der Waals surface area contributed by atoms with Gasteiger partial charge in [-0.05, 0) is 12.1 Å². The van der Waals surface area contributed by atoms with Crippen LogP contribution in [0.3, 0.4) is 0 Å². The van der Waals surface area contributed by atoms with Gasteiger partial charge in [-0.25, -0.2) is 0 Å². The lowest BCUT2D eigenvalue weighted by molar-refractivity contribution is -0.134. The van der Waals surface area contributed by atoms with Gasteiger partial charge in [-0.1, -0.05) is 103 Å². The molecule has 0 unspecified atom stereocenters. The van der Waals surface area contributed by atoms with E-state index in [1.807, 2.05) is 66.7 Å². The molecule has 2 amide bonds. The largest absolute Gasteiger partial charge is 0.277 e. The molecule has 3 rings (SSSR count). The first-order valence-electron chi connectivity index (χ1n) is 10.6. The van der Waals surface area contributed by atoms with E-state index in [1.165, 1.54) is 10.0 Å². The minimum atomic E-state index is -1.50. The average Bonchev–Trinajstić information content (AvgIpc) is 2.89. The number of amides is 2. The summed E-state index contributed by atoms with van der Waals surface area (Å²) >= 11 is 10.9. The van der Waals surface area contributed by atoms with Crippen LogP contribution in [0.1, 0.15) is 11.1 Å². The zero-order valence-electron chi connectivity index (χ0n) is 19.2. The molecule has 0 aliphatic rings. The first-order valence-corrected chi connectivity index (χ1v) is 11.4. The fraction of sp³-hybridized carbons (Fsp3) is 0.120. The predicted molar refractivity (Wildman–Crippen MR) is 143 cm³/mol. The Kier molecular flexibility index (Phi) is 9.10. The summed E-state index contributed by atoms with van der Waals surface area (Å²) < 4.78 is 0. The zero-order chi connectivity index (χ0) is 25.2. The highest BCUT2D eigenvalue weighted by molar-refractivity contribution is 7.80. The average molecular weight is 505 g/mol. The number of hydrogen-bond acceptors (Lipinski definition) is 6. The predicted octanol–water partition coefficient (Wildman–Crippen LogP) is 3.82. The molecule has 8 nitrogen and oxygen atoms in total. The van der Waals surface area contributed by atoms with Gasteiger partial charge in [0.15, 0.2) is 0 Å². The van der Waals surface area contributed by atoms with Crippen molar-refractivity contribution < 1.29 is 9.59 Å². The fourth-order valence-electron chi connectivity index (χ4n) is 2.95. The van der Waals surface area contributed by atoms with Gasteiger partial charge >= 0.3 is 0 Å². The Balaban J connectivity index is 1.76. The third kappa shape index (κ3) is 7.23. The summed E-state index contributed by atoms with van der Waals surface area (Å²) in [6.45, 7) is 0. The third-order valence-corrected chi connectivity index (χ3v) is 5.77. The monoisotopic (exact) mass is 504 g/mol. The van der Waals surface area contributed by atoms with Crippen molar-refractivity contribution >= 4 is 51.9 Å². The molecule has 0 spiro atoms. The molecule has 0 saturated heterocycles. The maximum Gasteiger partial charge on any atom is 0.275 e. The number of nitrogens with zero attached hydrogens (tertiary/aromatic N) is 4. The van der Waals surface area contributed by atoms with Gasteiger partial charge in [-0.3, -0.25) is 30.5 Å². The van der Waals surface area contributed by atoms with Crippen molar-refractivity contribution in [3.63, 3.8) is 0 Å². The summed E-state index contributed by atoms with van der Waals surface area (Å²) in [5.41, 5.74) is 7.21. The van der Waals surface area contributed by atoms with Crippen LogP contribution in [0, 0.1) is 0 Å². The summed E-state index contributed by atoms with van der Waals surface area (Å²) in [4.78, 5) is 26.9. The molecular weight excluding hydrogens is 480 g/mol. The van der Waals surface area contributed by atoms with Gasteiger partial charge in [-0.2, -0.15) is 10.2 Å². The number of hydrazine groups is 2. The lowest BCUT2D eigenvalue weighted by Crippen LogP contribution is -2.54. The van der Waals surface area contributed by atoms with E-state index in [0.29, 0.717) is 15.7 Å². The quantitative estimate of drug-likeness (QED) is 0.230. The molecule has 178 valence electrons. The van der Waals surface area contributed by atoms with Crippen LogP contribution in [0.15, 0.2) is 101 Å². The molecule has 0 aliphatic heterocycles. The van der Waals surface area contributed by atoms with Crippen molar-refractivity contribution in [2.75, 3.05) is 14.1 Å². The minimum Gasteiger partial charge on any atom is -0.277 e. The summed E-state index contributed by atoms with van der Waals surface area (Å²) in [5, 5.41) is 10.8. The topological polar surface area (TPSA) is 89.4 Å². The second kappa shape index (κ2) is 12.4. The Morgan fingerprint density at radius 1 is 0.686 bits per heavy atom. The van der Waals surface area contributed by atoms with Gasteiger partial charge in [0, 0.05) is 25.2 Å². The smallest absolute Gasteiger partial charge is 0.275 e. The lowest BCUT2D eigenvalue weighted by atomic mass is 10.2. The molecule has 0 saturated carbocycles. The van der Waals surface area contributed by atoms with E-state index < -0.39 is 17.9 Å². The van der Waals surface area contributed by atoms with Gasteiger partial charge in [-0.15, -0.1) is 0 Å². The van der Waals surface area contributed by atoms with Crippen molar-refractivity contribution in [3.05, 3.63) is 102 Å². The Bertz CT molecular complexity index is 1130. The van der Waals surface area contributed by atoms with E-state index in [-0.39, 0.29) is 0 Å². The number of thiocarbonyl (C=S) groups is 2. The van der Waals surface area contributed by atoms with E-state index in [2.05, 4.69) is 21.1 Å². The molecule has 2 N–H and O–H groups in total. The van der Waals surface area contributed by atoms with Gasteiger partial charge < -0.3 is 0 Å². The van der Waals surface area contributed by atoms with Crippen LogP contribution in [0.25, 0.3) is 0 Å². The molecule has 35 heavy (non-hydrogen) atoms. The van der Waals surface area contributed by atoms with Crippen LogP contribution in [0.5, 0.6) is 0 Å². The fourth-order valence-corrected chi connectivity index (χ4v) is 3.31. The first-order chi connectivity index (χ1) is 16.9. The van der Waals surface area contributed by atoms with E-state index in [0.717, 1.165) is 11.1 Å². The van der Waals surface area contributed by atoms with Gasteiger partial charge in [0.05, 0.1) is 5.69 Å². The van der Waals surface area contributed by atoms with Crippen molar-refractivity contribution in [2.24, 2.45) is 10.2 Å². The molecule has 0 atom stereocenters. The number of hydrogen-bond donors (Lipinski definition) is 2. The Morgan fingerprint density at radius 2 is 1.06 bits per heavy atom. The molecule has 0 aliphatic carbocycles. The maximum atomic E-state index is 13.1. The van der Waals surface area contributed by atoms with Crippen molar-refractivity contribution in [1.82, 2.24) is 20.9 Å². The van der Waals surface area contributed by atoms with Gasteiger partial charge in [0.2, 0.25) is 6.04 Å². The summed E-state index contributed by atoms with van der Waals surface area (Å²) in [5.74, 6) is -1.41. The molecule has 10 heteroatoms. The van der Waals surface area contributed by atoms with Gasteiger partial charge in [0.1, 0.15) is 9.98 Å². The van der Waals surface area contributed by atoms with Crippen LogP contribution < -0.4 is 10.9 Å². The second-order valence-electron chi connectivity index (χ2n) is 7.37. The zero-order valence-corrected chi connectivity index (χ0v) is 20.8. The second-order valence-corrected chi connectivity index (χ2v) is 8.14. The molecule has 0 fully saturated rings. The number of azo groups is 1. The summed E-state index contributed by atoms with van der Waals surface area (Å²) in [7, 11) is 3.18. The molecule has 0 radical (unpaired) electrons. The van der Waals surface area contributed by atoms with E-state index >= 15 is 0 Å². The molecular formula is C25H24N6O2S2.